The molecule has 0 unspecified atom stereocenters. The van der Waals surface area contributed by atoms with Gasteiger partial charge in [-0.3, -0.25) is 4.79 Å². The molecular weight excluding hydrogens is 248 g/mol. The van der Waals surface area contributed by atoms with Crippen LogP contribution in [0.25, 0.3) is 0 Å². The molecule has 0 radical (unpaired) electrons. The fourth-order valence-corrected chi connectivity index (χ4v) is 1.77. The predicted molar refractivity (Wildman–Crippen MR) is 82.9 cm³/mol. The molecule has 0 aliphatic heterocycles. The van der Waals surface area contributed by atoms with Crippen LogP contribution in [0.1, 0.15) is 36.7 Å². The largest absolute Gasteiger partial charge is 0.390 e. The summed E-state index contributed by atoms with van der Waals surface area (Å²) in [5.41, 5.74) is 1.36. The fraction of sp³-hybridized carbons (Fsp3) is 0.278. The lowest BCUT2D eigenvalue weighted by atomic mass is 9.99. The summed E-state index contributed by atoms with van der Waals surface area (Å²) in [4.78, 5) is 10.6. The third kappa shape index (κ3) is 6.86. The molecule has 106 valence electrons. The molecule has 0 aromatic heterocycles. The van der Waals surface area contributed by atoms with Crippen molar-refractivity contribution in [3.05, 3.63) is 71.8 Å². The van der Waals surface area contributed by atoms with Crippen molar-refractivity contribution in [1.82, 2.24) is 0 Å². The van der Waals surface area contributed by atoms with Crippen LogP contribution in [0.5, 0.6) is 0 Å². The Bertz CT molecular complexity index is 510. The molecule has 20 heavy (non-hydrogen) atoms. The monoisotopic (exact) mass is 270 g/mol. The van der Waals surface area contributed by atoms with Crippen molar-refractivity contribution in [2.75, 3.05) is 0 Å². The van der Waals surface area contributed by atoms with E-state index in [9.17, 15) is 9.90 Å². The molecule has 0 spiro atoms. The van der Waals surface area contributed by atoms with Crippen LogP contribution in [0.4, 0.5) is 0 Å². The summed E-state index contributed by atoms with van der Waals surface area (Å²) < 4.78 is 0. The van der Waals surface area contributed by atoms with Crippen molar-refractivity contribution in [3.8, 4) is 0 Å². The summed E-state index contributed by atoms with van der Waals surface area (Å²) >= 11 is 0. The summed E-state index contributed by atoms with van der Waals surface area (Å²) in [6.07, 6.45) is 0.716. The topological polar surface area (TPSA) is 37.3 Å². The first-order chi connectivity index (χ1) is 9.38. The summed E-state index contributed by atoms with van der Waals surface area (Å²) in [7, 11) is 0. The molecule has 0 aliphatic carbocycles. The molecule has 2 nitrogen and oxygen atoms in total. The first-order valence-electron chi connectivity index (χ1n) is 6.71. The van der Waals surface area contributed by atoms with Gasteiger partial charge in [-0.2, -0.15) is 0 Å². The molecule has 2 aromatic carbocycles. The summed E-state index contributed by atoms with van der Waals surface area (Å²) in [6.45, 7) is 5.20. The van der Waals surface area contributed by atoms with Crippen LogP contribution in [0.15, 0.2) is 60.7 Å². The maximum atomic E-state index is 10.6. The van der Waals surface area contributed by atoms with E-state index < -0.39 is 5.60 Å². The number of hydrogen-bond acceptors (Lipinski definition) is 2. The number of benzene rings is 2. The Labute approximate surface area is 121 Å². The van der Waals surface area contributed by atoms with Crippen LogP contribution < -0.4 is 0 Å². The average Bonchev–Trinajstić information content (AvgIpc) is 2.40. The van der Waals surface area contributed by atoms with Gasteiger partial charge in [-0.25, -0.2) is 0 Å². The SMILES string of the molecule is CC(=O)c1ccccc1.CC(C)(O)Cc1ccccc1. The predicted octanol–water partition coefficient (Wildman–Crippen LogP) is 3.89. The van der Waals surface area contributed by atoms with Gasteiger partial charge in [0, 0.05) is 12.0 Å². The minimum absolute atomic E-state index is 0.121. The highest BCUT2D eigenvalue weighted by molar-refractivity contribution is 5.93. The number of carbonyl (C=O) groups excluding carboxylic acids is 1. The van der Waals surface area contributed by atoms with Crippen molar-refractivity contribution in [1.29, 1.82) is 0 Å². The second-order valence-corrected chi connectivity index (χ2v) is 5.40. The maximum absolute atomic E-state index is 10.6. The molecular formula is C18H22O2. The van der Waals surface area contributed by atoms with Gasteiger partial charge in [-0.15, -0.1) is 0 Å². The van der Waals surface area contributed by atoms with Gasteiger partial charge in [0.05, 0.1) is 5.60 Å². The Hall–Kier alpha value is -1.93. The maximum Gasteiger partial charge on any atom is 0.159 e. The van der Waals surface area contributed by atoms with Crippen molar-refractivity contribution in [2.24, 2.45) is 0 Å². The van der Waals surface area contributed by atoms with Gasteiger partial charge >= 0.3 is 0 Å². The summed E-state index contributed by atoms with van der Waals surface area (Å²) in [5.74, 6) is 0.121. The summed E-state index contributed by atoms with van der Waals surface area (Å²) in [5, 5.41) is 9.47. The highest BCUT2D eigenvalue weighted by atomic mass is 16.3. The van der Waals surface area contributed by atoms with Crippen molar-refractivity contribution in [3.63, 3.8) is 0 Å². The lowest BCUT2D eigenvalue weighted by Gasteiger charge is -2.16. The molecule has 0 saturated carbocycles. The molecule has 0 aliphatic rings. The number of rotatable bonds is 3. The third-order valence-corrected chi connectivity index (χ3v) is 2.66. The molecule has 2 heteroatoms. The number of carbonyl (C=O) groups is 1. The van der Waals surface area contributed by atoms with Crippen LogP contribution in [0.3, 0.4) is 0 Å². The highest BCUT2D eigenvalue weighted by Gasteiger charge is 2.12. The average molecular weight is 270 g/mol. The zero-order chi connectivity index (χ0) is 15.0. The zero-order valence-corrected chi connectivity index (χ0v) is 12.3. The van der Waals surface area contributed by atoms with Crippen LogP contribution in [-0.4, -0.2) is 16.5 Å². The normalized spacial score (nSPS) is 10.4. The van der Waals surface area contributed by atoms with Crippen molar-refractivity contribution >= 4 is 5.78 Å². The van der Waals surface area contributed by atoms with E-state index in [-0.39, 0.29) is 5.78 Å². The van der Waals surface area contributed by atoms with E-state index in [1.165, 1.54) is 5.56 Å². The van der Waals surface area contributed by atoms with Gasteiger partial charge in [0.25, 0.3) is 0 Å². The van der Waals surface area contributed by atoms with Gasteiger partial charge in [0.2, 0.25) is 0 Å². The molecule has 0 saturated heterocycles. The van der Waals surface area contributed by atoms with Gasteiger partial charge in [-0.1, -0.05) is 60.7 Å². The second-order valence-electron chi connectivity index (χ2n) is 5.40. The number of ketones is 1. The van der Waals surface area contributed by atoms with E-state index in [0.29, 0.717) is 6.42 Å². The van der Waals surface area contributed by atoms with Gasteiger partial charge in [0.1, 0.15) is 0 Å². The highest BCUT2D eigenvalue weighted by Crippen LogP contribution is 2.10. The van der Waals surface area contributed by atoms with Crippen LogP contribution in [-0.2, 0) is 6.42 Å². The zero-order valence-electron chi connectivity index (χ0n) is 12.3. The van der Waals surface area contributed by atoms with Gasteiger partial charge in [0.15, 0.2) is 5.78 Å². The van der Waals surface area contributed by atoms with E-state index in [2.05, 4.69) is 0 Å². The van der Waals surface area contributed by atoms with E-state index >= 15 is 0 Å². The third-order valence-electron chi connectivity index (χ3n) is 2.66. The molecule has 0 atom stereocenters. The Kier molecular flexibility index (Phi) is 6.13. The first kappa shape index (κ1) is 16.1. The van der Waals surface area contributed by atoms with Crippen LogP contribution in [0.2, 0.25) is 0 Å². The van der Waals surface area contributed by atoms with Crippen LogP contribution in [0, 0.1) is 0 Å². The fourth-order valence-electron chi connectivity index (χ4n) is 1.77. The number of aliphatic hydroxyl groups is 1. The van der Waals surface area contributed by atoms with Crippen LogP contribution >= 0.6 is 0 Å². The quantitative estimate of drug-likeness (QED) is 0.859. The smallest absolute Gasteiger partial charge is 0.159 e. The van der Waals surface area contributed by atoms with E-state index in [0.717, 1.165) is 5.56 Å². The summed E-state index contributed by atoms with van der Waals surface area (Å²) in [6, 6.07) is 19.2. The van der Waals surface area contributed by atoms with E-state index in [4.69, 9.17) is 0 Å². The number of hydrogen-bond donors (Lipinski definition) is 1. The van der Waals surface area contributed by atoms with Gasteiger partial charge in [-0.05, 0) is 26.3 Å². The molecule has 0 amide bonds. The lowest BCUT2D eigenvalue weighted by Crippen LogP contribution is -2.21. The molecule has 1 N–H and O–H groups in total. The van der Waals surface area contributed by atoms with Crippen molar-refractivity contribution < 1.29 is 9.90 Å². The molecule has 0 fully saturated rings. The lowest BCUT2D eigenvalue weighted by molar-refractivity contribution is 0.0810. The van der Waals surface area contributed by atoms with Crippen molar-refractivity contribution in [2.45, 2.75) is 32.8 Å². The van der Waals surface area contributed by atoms with Gasteiger partial charge < -0.3 is 5.11 Å². The molecule has 2 aromatic rings. The Morgan fingerprint density at radius 3 is 1.75 bits per heavy atom. The second kappa shape index (κ2) is 7.61. The minimum atomic E-state index is -0.596. The Morgan fingerprint density at radius 1 is 0.950 bits per heavy atom. The molecule has 2 rings (SSSR count). The molecule has 0 heterocycles. The minimum Gasteiger partial charge on any atom is -0.390 e. The molecule has 0 bridgehead atoms. The number of Topliss-reactive ketones (excluding diaryl/α,β-unsaturated/α-hetero) is 1. The Morgan fingerprint density at radius 2 is 1.40 bits per heavy atom. The standard InChI is InChI=1S/C10H14O.C8H8O/c1-10(2,11)8-9-6-4-3-5-7-9;1-7(9)8-5-3-2-4-6-8/h3-7,11H,8H2,1-2H3;2-6H,1H3. The van der Waals surface area contributed by atoms with E-state index in [1.54, 1.807) is 6.92 Å². The Balaban J connectivity index is 0.000000204. The van der Waals surface area contributed by atoms with E-state index in [1.807, 2.05) is 74.5 Å². The first-order valence-corrected chi connectivity index (χ1v) is 6.71.